The smallest absolute Gasteiger partial charge is 0.337 e. The van der Waals surface area contributed by atoms with Gasteiger partial charge in [0.2, 0.25) is 0 Å². The van der Waals surface area contributed by atoms with Gasteiger partial charge in [0.1, 0.15) is 12.1 Å². The molecule has 0 aliphatic rings. The highest BCUT2D eigenvalue weighted by molar-refractivity contribution is 7.92. The molecule has 0 aliphatic carbocycles. The summed E-state index contributed by atoms with van der Waals surface area (Å²) in [6, 6.07) is 11.5. The molecule has 0 saturated heterocycles. The van der Waals surface area contributed by atoms with Crippen LogP contribution < -0.4 is 4.31 Å². The van der Waals surface area contributed by atoms with Crippen molar-refractivity contribution in [3.05, 3.63) is 59.1 Å². The van der Waals surface area contributed by atoms with E-state index in [1.165, 1.54) is 43.5 Å². The van der Waals surface area contributed by atoms with E-state index in [1.54, 1.807) is 32.9 Å². The molecule has 2 aromatic rings. The van der Waals surface area contributed by atoms with Gasteiger partial charge in [0.05, 0.1) is 23.3 Å². The topological polar surface area (TPSA) is 90.0 Å². The number of rotatable bonds is 6. The predicted molar refractivity (Wildman–Crippen MR) is 110 cm³/mol. The van der Waals surface area contributed by atoms with E-state index in [1.807, 2.05) is 0 Å². The first-order valence-corrected chi connectivity index (χ1v) is 10.4. The van der Waals surface area contributed by atoms with Crippen LogP contribution >= 0.6 is 11.6 Å². The quantitative estimate of drug-likeness (QED) is 0.638. The maximum Gasteiger partial charge on any atom is 0.337 e. The number of anilines is 1. The first kappa shape index (κ1) is 22.7. The van der Waals surface area contributed by atoms with Crippen LogP contribution in [0, 0.1) is 0 Å². The second-order valence-electron chi connectivity index (χ2n) is 7.10. The molecule has 156 valence electrons. The summed E-state index contributed by atoms with van der Waals surface area (Å²) in [5, 5.41) is 0.301. The van der Waals surface area contributed by atoms with E-state index in [4.69, 9.17) is 16.3 Å². The first-order chi connectivity index (χ1) is 13.4. The molecule has 0 aliphatic heterocycles. The Kier molecular flexibility index (Phi) is 6.92. The third kappa shape index (κ3) is 5.95. The summed E-state index contributed by atoms with van der Waals surface area (Å²) in [6.45, 7) is 4.48. The van der Waals surface area contributed by atoms with Crippen LogP contribution in [-0.2, 0) is 24.3 Å². The van der Waals surface area contributed by atoms with Gasteiger partial charge in [0, 0.05) is 5.02 Å². The highest BCUT2D eigenvalue weighted by Crippen LogP contribution is 2.27. The Morgan fingerprint density at radius 3 is 2.31 bits per heavy atom. The zero-order chi connectivity index (χ0) is 21.8. The highest BCUT2D eigenvalue weighted by Gasteiger charge is 2.30. The van der Waals surface area contributed by atoms with Crippen molar-refractivity contribution in [1.82, 2.24) is 0 Å². The molecule has 0 spiro atoms. The second-order valence-corrected chi connectivity index (χ2v) is 9.40. The van der Waals surface area contributed by atoms with Gasteiger partial charge in [-0.3, -0.25) is 9.10 Å². The summed E-state index contributed by atoms with van der Waals surface area (Å²) in [5.74, 6) is -1.41. The van der Waals surface area contributed by atoms with E-state index in [9.17, 15) is 18.0 Å². The number of benzene rings is 2. The lowest BCUT2D eigenvalue weighted by Gasteiger charge is -2.26. The molecular formula is C20H22ClNO6S. The lowest BCUT2D eigenvalue weighted by atomic mass is 10.2. The largest absolute Gasteiger partial charge is 0.465 e. The van der Waals surface area contributed by atoms with E-state index in [-0.39, 0.29) is 16.1 Å². The minimum atomic E-state index is -4.22. The van der Waals surface area contributed by atoms with Gasteiger partial charge in [-0.15, -0.1) is 0 Å². The fourth-order valence-electron chi connectivity index (χ4n) is 2.47. The Labute approximate surface area is 175 Å². The van der Waals surface area contributed by atoms with Crippen LogP contribution in [0.25, 0.3) is 0 Å². The van der Waals surface area contributed by atoms with E-state index >= 15 is 0 Å². The summed E-state index contributed by atoms with van der Waals surface area (Å²) in [4.78, 5) is 24.0. The molecule has 9 heteroatoms. The molecule has 2 aromatic carbocycles. The van der Waals surface area contributed by atoms with E-state index in [2.05, 4.69) is 4.74 Å². The second kappa shape index (κ2) is 8.84. The van der Waals surface area contributed by atoms with Gasteiger partial charge in [-0.2, -0.15) is 0 Å². The monoisotopic (exact) mass is 439 g/mol. The molecule has 0 amide bonds. The molecule has 0 saturated carbocycles. The number of nitrogens with zero attached hydrogens (tertiary/aromatic N) is 1. The molecule has 7 nitrogen and oxygen atoms in total. The summed E-state index contributed by atoms with van der Waals surface area (Å²) >= 11 is 6.01. The van der Waals surface area contributed by atoms with Gasteiger partial charge >= 0.3 is 11.9 Å². The van der Waals surface area contributed by atoms with Crippen molar-refractivity contribution in [2.75, 3.05) is 18.0 Å². The SMILES string of the molecule is COC(=O)c1cccc(S(=O)(=O)N(CC(=O)OC(C)(C)C)c2cccc(Cl)c2)c1. The fourth-order valence-corrected chi connectivity index (χ4v) is 4.10. The Bertz CT molecular complexity index is 1010. The molecule has 29 heavy (non-hydrogen) atoms. The van der Waals surface area contributed by atoms with Crippen LogP contribution in [0.15, 0.2) is 53.4 Å². The summed E-state index contributed by atoms with van der Waals surface area (Å²) < 4.78 is 37.5. The fraction of sp³-hybridized carbons (Fsp3) is 0.300. The minimum Gasteiger partial charge on any atom is -0.465 e. The van der Waals surface area contributed by atoms with Crippen molar-refractivity contribution >= 4 is 39.3 Å². The summed E-state index contributed by atoms with van der Waals surface area (Å²) in [6.07, 6.45) is 0. The van der Waals surface area contributed by atoms with Crippen molar-refractivity contribution in [3.8, 4) is 0 Å². The number of carbonyl (C=O) groups is 2. The third-order valence-electron chi connectivity index (χ3n) is 3.63. The maximum atomic E-state index is 13.3. The normalized spacial score (nSPS) is 11.6. The molecule has 2 rings (SSSR count). The van der Waals surface area contributed by atoms with Crippen molar-refractivity contribution in [3.63, 3.8) is 0 Å². The Morgan fingerprint density at radius 1 is 1.07 bits per heavy atom. The van der Waals surface area contributed by atoms with Gasteiger partial charge in [-0.25, -0.2) is 13.2 Å². The molecule has 0 heterocycles. The van der Waals surface area contributed by atoms with Crippen molar-refractivity contribution in [1.29, 1.82) is 0 Å². The van der Waals surface area contributed by atoms with Crippen LogP contribution in [0.3, 0.4) is 0 Å². The Balaban J connectivity index is 2.52. The van der Waals surface area contributed by atoms with Crippen LogP contribution in [0.2, 0.25) is 5.02 Å². The number of sulfonamides is 1. The molecule has 0 fully saturated rings. The molecular weight excluding hydrogens is 418 g/mol. The molecule has 0 aromatic heterocycles. The van der Waals surface area contributed by atoms with Crippen LogP contribution in [-0.4, -0.2) is 39.6 Å². The zero-order valence-corrected chi connectivity index (χ0v) is 18.1. The highest BCUT2D eigenvalue weighted by atomic mass is 35.5. The predicted octanol–water partition coefficient (Wildman–Crippen LogP) is 3.66. The molecule has 0 atom stereocenters. The van der Waals surface area contributed by atoms with Crippen molar-refractivity contribution in [2.45, 2.75) is 31.3 Å². The number of esters is 2. The van der Waals surface area contributed by atoms with Gasteiger partial charge in [0.25, 0.3) is 10.0 Å². The maximum absolute atomic E-state index is 13.3. The molecule has 0 bridgehead atoms. The number of ether oxygens (including phenoxy) is 2. The van der Waals surface area contributed by atoms with Gasteiger partial charge in [-0.05, 0) is 57.2 Å². The van der Waals surface area contributed by atoms with Crippen LogP contribution in [0.1, 0.15) is 31.1 Å². The first-order valence-electron chi connectivity index (χ1n) is 8.62. The van der Waals surface area contributed by atoms with Crippen molar-refractivity contribution in [2.24, 2.45) is 0 Å². The average Bonchev–Trinajstić information content (AvgIpc) is 2.64. The zero-order valence-electron chi connectivity index (χ0n) is 16.5. The number of halogens is 1. The summed E-state index contributed by atoms with van der Waals surface area (Å²) in [5.41, 5.74) is -0.533. The van der Waals surface area contributed by atoms with E-state index < -0.39 is 34.1 Å². The number of hydrogen-bond donors (Lipinski definition) is 0. The van der Waals surface area contributed by atoms with Crippen LogP contribution in [0.4, 0.5) is 5.69 Å². The number of methoxy groups -OCH3 is 1. The Hall–Kier alpha value is -2.58. The minimum absolute atomic E-state index is 0.0666. The molecule has 0 radical (unpaired) electrons. The molecule has 0 unspecified atom stereocenters. The van der Waals surface area contributed by atoms with E-state index in [0.29, 0.717) is 5.02 Å². The Morgan fingerprint density at radius 2 is 1.72 bits per heavy atom. The van der Waals surface area contributed by atoms with E-state index in [0.717, 1.165) is 4.31 Å². The number of carbonyl (C=O) groups excluding carboxylic acids is 2. The third-order valence-corrected chi connectivity index (χ3v) is 5.64. The average molecular weight is 440 g/mol. The van der Waals surface area contributed by atoms with Gasteiger partial charge in [-0.1, -0.05) is 23.7 Å². The van der Waals surface area contributed by atoms with Gasteiger partial charge in [0.15, 0.2) is 0 Å². The standard InChI is InChI=1S/C20H22ClNO6S/c1-20(2,3)28-18(23)13-22(16-9-6-8-15(21)12-16)29(25,26)17-10-5-7-14(11-17)19(24)27-4/h5-12H,13H2,1-4H3. The molecule has 0 N–H and O–H groups in total. The lowest BCUT2D eigenvalue weighted by molar-refractivity contribution is -0.152. The van der Waals surface area contributed by atoms with Crippen LogP contribution in [0.5, 0.6) is 0 Å². The summed E-state index contributed by atoms with van der Waals surface area (Å²) in [7, 11) is -3.02. The lowest BCUT2D eigenvalue weighted by Crippen LogP contribution is -2.39. The van der Waals surface area contributed by atoms with Gasteiger partial charge < -0.3 is 9.47 Å². The number of hydrogen-bond acceptors (Lipinski definition) is 6. The van der Waals surface area contributed by atoms with Crippen molar-refractivity contribution < 1.29 is 27.5 Å².